The molecule has 130 valence electrons. The highest BCUT2D eigenvalue weighted by Crippen LogP contribution is 2.27. The molecule has 0 saturated carbocycles. The number of anilines is 1. The number of rotatable bonds is 3. The third-order valence-electron chi connectivity index (χ3n) is 4.25. The first-order valence-corrected chi connectivity index (χ1v) is 7.97. The van der Waals surface area contributed by atoms with E-state index in [-0.39, 0.29) is 5.75 Å². The van der Waals surface area contributed by atoms with Gasteiger partial charge in [0.15, 0.2) is 0 Å². The summed E-state index contributed by atoms with van der Waals surface area (Å²) >= 11 is 0. The number of ether oxygens (including phenoxy) is 1. The number of benzene rings is 1. The fraction of sp³-hybridized carbons (Fsp3) is 0.471. The number of hydrogen-bond acceptors (Lipinski definition) is 4. The van der Waals surface area contributed by atoms with Gasteiger partial charge in [-0.25, -0.2) is 4.98 Å². The van der Waals surface area contributed by atoms with Gasteiger partial charge in [-0.05, 0) is 44.2 Å². The van der Waals surface area contributed by atoms with Crippen LogP contribution in [0.3, 0.4) is 0 Å². The Morgan fingerprint density at radius 2 is 1.75 bits per heavy atom. The van der Waals surface area contributed by atoms with Crippen molar-refractivity contribution in [3.8, 4) is 5.75 Å². The molecule has 3 rings (SSSR count). The van der Waals surface area contributed by atoms with Gasteiger partial charge < -0.3 is 9.64 Å². The lowest BCUT2D eigenvalue weighted by atomic mass is 10.2. The number of halogens is 3. The summed E-state index contributed by atoms with van der Waals surface area (Å²) in [5, 5.41) is 0.626. The lowest BCUT2D eigenvalue weighted by molar-refractivity contribution is -0.274. The van der Waals surface area contributed by atoms with Crippen LogP contribution in [0.2, 0.25) is 0 Å². The van der Waals surface area contributed by atoms with E-state index in [4.69, 9.17) is 0 Å². The normalized spacial score (nSPS) is 16.8. The number of piperazine rings is 1. The van der Waals surface area contributed by atoms with E-state index in [1.54, 1.807) is 12.1 Å². The molecule has 4 nitrogen and oxygen atoms in total. The predicted molar refractivity (Wildman–Crippen MR) is 87.3 cm³/mol. The van der Waals surface area contributed by atoms with Crippen molar-refractivity contribution in [1.82, 2.24) is 9.88 Å². The summed E-state index contributed by atoms with van der Waals surface area (Å²) in [6, 6.07) is 8.38. The maximum absolute atomic E-state index is 12.3. The van der Waals surface area contributed by atoms with Crippen LogP contribution in [0.4, 0.5) is 19.0 Å². The second kappa shape index (κ2) is 6.47. The number of alkyl halides is 3. The first-order valence-electron chi connectivity index (χ1n) is 7.97. The Balaban J connectivity index is 1.76. The number of hydrogen-bond donors (Lipinski definition) is 0. The number of pyridine rings is 1. The zero-order valence-electron chi connectivity index (χ0n) is 13.7. The van der Waals surface area contributed by atoms with Gasteiger partial charge in [0, 0.05) is 37.6 Å². The van der Waals surface area contributed by atoms with E-state index in [1.165, 1.54) is 12.1 Å². The highest BCUT2D eigenvalue weighted by Gasteiger charge is 2.31. The summed E-state index contributed by atoms with van der Waals surface area (Å²) in [5.41, 5.74) is 0.660. The molecule has 0 amide bonds. The number of fused-ring (bicyclic) bond motifs is 1. The SMILES string of the molecule is CC(C)N1CCN(c2ccc3cc(OC(F)(F)F)ccc3n2)CC1. The van der Waals surface area contributed by atoms with Crippen molar-refractivity contribution in [3.63, 3.8) is 0 Å². The Bertz CT molecular complexity index is 710. The van der Waals surface area contributed by atoms with Crippen LogP contribution in [0.15, 0.2) is 30.3 Å². The molecule has 0 spiro atoms. The summed E-state index contributed by atoms with van der Waals surface area (Å²) in [4.78, 5) is 9.20. The lowest BCUT2D eigenvalue weighted by Crippen LogP contribution is -2.49. The molecule has 2 aromatic rings. The van der Waals surface area contributed by atoms with Crippen LogP contribution in [0.25, 0.3) is 10.9 Å². The van der Waals surface area contributed by atoms with Crippen LogP contribution < -0.4 is 9.64 Å². The average molecular weight is 339 g/mol. The van der Waals surface area contributed by atoms with Crippen LogP contribution in [-0.2, 0) is 0 Å². The second-order valence-electron chi connectivity index (χ2n) is 6.19. The molecule has 0 atom stereocenters. The van der Waals surface area contributed by atoms with E-state index in [0.29, 0.717) is 16.9 Å². The van der Waals surface area contributed by atoms with Gasteiger partial charge in [-0.2, -0.15) is 0 Å². The summed E-state index contributed by atoms with van der Waals surface area (Å²) in [6.07, 6.45) is -4.68. The van der Waals surface area contributed by atoms with Gasteiger partial charge in [-0.3, -0.25) is 4.90 Å². The number of nitrogens with zero attached hydrogens (tertiary/aromatic N) is 3. The van der Waals surface area contributed by atoms with E-state index in [2.05, 4.69) is 33.4 Å². The molecule has 24 heavy (non-hydrogen) atoms. The fourth-order valence-electron chi connectivity index (χ4n) is 2.93. The topological polar surface area (TPSA) is 28.6 Å². The van der Waals surface area contributed by atoms with Gasteiger partial charge in [0.1, 0.15) is 11.6 Å². The molecule has 0 bridgehead atoms. The zero-order valence-corrected chi connectivity index (χ0v) is 13.7. The molecule has 2 heterocycles. The molecule has 1 aliphatic heterocycles. The third kappa shape index (κ3) is 3.90. The highest BCUT2D eigenvalue weighted by atomic mass is 19.4. The minimum atomic E-state index is -4.68. The van der Waals surface area contributed by atoms with E-state index in [1.807, 2.05) is 6.07 Å². The van der Waals surface area contributed by atoms with Gasteiger partial charge >= 0.3 is 6.36 Å². The largest absolute Gasteiger partial charge is 0.573 e. The Morgan fingerprint density at radius 3 is 2.38 bits per heavy atom. The highest BCUT2D eigenvalue weighted by molar-refractivity contribution is 5.81. The monoisotopic (exact) mass is 339 g/mol. The fourth-order valence-corrected chi connectivity index (χ4v) is 2.93. The molecule has 1 saturated heterocycles. The van der Waals surface area contributed by atoms with Crippen LogP contribution in [0.5, 0.6) is 5.75 Å². The minimum absolute atomic E-state index is 0.227. The molecule has 1 fully saturated rings. The molecule has 7 heteroatoms. The first-order chi connectivity index (χ1) is 11.3. The Hall–Kier alpha value is -2.02. The molecular weight excluding hydrogens is 319 g/mol. The molecule has 0 unspecified atom stereocenters. The predicted octanol–water partition coefficient (Wildman–Crippen LogP) is 3.66. The quantitative estimate of drug-likeness (QED) is 0.853. The van der Waals surface area contributed by atoms with Gasteiger partial charge in [0.2, 0.25) is 0 Å². The molecule has 0 radical (unpaired) electrons. The molecule has 1 aromatic carbocycles. The summed E-state index contributed by atoms with van der Waals surface area (Å²) in [6.45, 7) is 8.12. The molecule has 0 N–H and O–H groups in total. The van der Waals surface area contributed by atoms with Crippen molar-refractivity contribution in [1.29, 1.82) is 0 Å². The van der Waals surface area contributed by atoms with Crippen molar-refractivity contribution in [2.75, 3.05) is 31.1 Å². The Kier molecular flexibility index (Phi) is 4.54. The van der Waals surface area contributed by atoms with Gasteiger partial charge in [-0.1, -0.05) is 0 Å². The molecule has 0 aliphatic carbocycles. The molecular formula is C17H20F3N3O. The van der Waals surface area contributed by atoms with Crippen LogP contribution in [0.1, 0.15) is 13.8 Å². The minimum Gasteiger partial charge on any atom is -0.406 e. The van der Waals surface area contributed by atoms with Crippen molar-refractivity contribution < 1.29 is 17.9 Å². The van der Waals surface area contributed by atoms with Crippen LogP contribution >= 0.6 is 0 Å². The van der Waals surface area contributed by atoms with Crippen LogP contribution in [0, 0.1) is 0 Å². The van der Waals surface area contributed by atoms with Crippen molar-refractivity contribution in [2.45, 2.75) is 26.3 Å². The number of aromatic nitrogens is 1. The zero-order chi connectivity index (χ0) is 17.3. The van der Waals surface area contributed by atoms with E-state index in [0.717, 1.165) is 32.0 Å². The van der Waals surface area contributed by atoms with Gasteiger partial charge in [0.05, 0.1) is 5.52 Å². The van der Waals surface area contributed by atoms with E-state index < -0.39 is 6.36 Å². The Morgan fingerprint density at radius 1 is 1.04 bits per heavy atom. The van der Waals surface area contributed by atoms with Crippen molar-refractivity contribution in [2.24, 2.45) is 0 Å². The smallest absolute Gasteiger partial charge is 0.406 e. The Labute approximate surface area is 138 Å². The second-order valence-corrected chi connectivity index (χ2v) is 6.19. The maximum atomic E-state index is 12.3. The first kappa shape index (κ1) is 16.8. The molecule has 1 aromatic heterocycles. The lowest BCUT2D eigenvalue weighted by Gasteiger charge is -2.37. The van der Waals surface area contributed by atoms with Crippen LogP contribution in [-0.4, -0.2) is 48.5 Å². The maximum Gasteiger partial charge on any atom is 0.573 e. The standard InChI is InChI=1S/C17H20F3N3O/c1-12(2)22-7-9-23(10-8-22)16-6-3-13-11-14(24-17(18,19)20)4-5-15(13)21-16/h3-6,11-12H,7-10H2,1-2H3. The van der Waals surface area contributed by atoms with Crippen molar-refractivity contribution in [3.05, 3.63) is 30.3 Å². The van der Waals surface area contributed by atoms with Gasteiger partial charge in [0.25, 0.3) is 0 Å². The summed E-state index contributed by atoms with van der Waals surface area (Å²) in [7, 11) is 0. The molecule has 1 aliphatic rings. The van der Waals surface area contributed by atoms with E-state index in [9.17, 15) is 13.2 Å². The van der Waals surface area contributed by atoms with Gasteiger partial charge in [-0.15, -0.1) is 13.2 Å². The summed E-state index contributed by atoms with van der Waals surface area (Å²) in [5.74, 6) is 0.630. The summed E-state index contributed by atoms with van der Waals surface area (Å²) < 4.78 is 40.8. The van der Waals surface area contributed by atoms with E-state index >= 15 is 0 Å². The third-order valence-corrected chi connectivity index (χ3v) is 4.25. The van der Waals surface area contributed by atoms with Crippen molar-refractivity contribution >= 4 is 16.7 Å². The average Bonchev–Trinajstić information content (AvgIpc) is 2.53.